The standard InChI is InChI=1S/C10H21NO2/c1-4-9(5-2)11-10(13)7-6-8(3)12/h8-9,12H,4-7H2,1-3H3,(H,11,13). The van der Waals surface area contributed by atoms with Crippen LogP contribution in [0.4, 0.5) is 0 Å². The van der Waals surface area contributed by atoms with Crippen molar-refractivity contribution in [2.45, 2.75) is 58.6 Å². The Balaban J connectivity index is 3.60. The van der Waals surface area contributed by atoms with Gasteiger partial charge in [0, 0.05) is 12.5 Å². The van der Waals surface area contributed by atoms with E-state index in [9.17, 15) is 4.79 Å². The Morgan fingerprint density at radius 1 is 1.38 bits per heavy atom. The molecule has 0 bridgehead atoms. The summed E-state index contributed by atoms with van der Waals surface area (Å²) in [5, 5.41) is 11.9. The van der Waals surface area contributed by atoms with Gasteiger partial charge in [0.25, 0.3) is 0 Å². The molecule has 0 aliphatic heterocycles. The van der Waals surface area contributed by atoms with E-state index in [-0.39, 0.29) is 12.0 Å². The molecular weight excluding hydrogens is 166 g/mol. The highest BCUT2D eigenvalue weighted by Crippen LogP contribution is 1.99. The van der Waals surface area contributed by atoms with Gasteiger partial charge in [-0.15, -0.1) is 0 Å². The van der Waals surface area contributed by atoms with Crippen LogP contribution in [0.5, 0.6) is 0 Å². The normalized spacial score (nSPS) is 13.0. The maximum Gasteiger partial charge on any atom is 0.220 e. The molecule has 0 saturated heterocycles. The van der Waals surface area contributed by atoms with Crippen molar-refractivity contribution >= 4 is 5.91 Å². The van der Waals surface area contributed by atoms with Crippen LogP contribution in [0.15, 0.2) is 0 Å². The van der Waals surface area contributed by atoms with Crippen molar-refractivity contribution in [3.63, 3.8) is 0 Å². The lowest BCUT2D eigenvalue weighted by Gasteiger charge is -2.14. The van der Waals surface area contributed by atoms with Crippen LogP contribution in [-0.4, -0.2) is 23.2 Å². The summed E-state index contributed by atoms with van der Waals surface area (Å²) in [5.41, 5.74) is 0. The van der Waals surface area contributed by atoms with Gasteiger partial charge in [-0.25, -0.2) is 0 Å². The lowest BCUT2D eigenvalue weighted by Crippen LogP contribution is -2.34. The second-order valence-electron chi connectivity index (χ2n) is 3.47. The van der Waals surface area contributed by atoms with Crippen LogP contribution < -0.4 is 5.32 Å². The van der Waals surface area contributed by atoms with E-state index in [1.807, 2.05) is 0 Å². The molecule has 0 heterocycles. The average molecular weight is 187 g/mol. The number of carbonyl (C=O) groups is 1. The molecule has 13 heavy (non-hydrogen) atoms. The maximum atomic E-state index is 11.3. The van der Waals surface area contributed by atoms with E-state index in [0.717, 1.165) is 12.8 Å². The Labute approximate surface area is 80.5 Å². The molecule has 1 unspecified atom stereocenters. The van der Waals surface area contributed by atoms with Crippen LogP contribution in [0.3, 0.4) is 0 Å². The zero-order valence-electron chi connectivity index (χ0n) is 8.84. The predicted molar refractivity (Wildman–Crippen MR) is 53.4 cm³/mol. The van der Waals surface area contributed by atoms with E-state index < -0.39 is 0 Å². The summed E-state index contributed by atoms with van der Waals surface area (Å²) in [6.45, 7) is 5.82. The summed E-state index contributed by atoms with van der Waals surface area (Å²) >= 11 is 0. The summed E-state index contributed by atoms with van der Waals surface area (Å²) in [6, 6.07) is 0.293. The molecule has 78 valence electrons. The Hall–Kier alpha value is -0.570. The van der Waals surface area contributed by atoms with E-state index in [1.54, 1.807) is 6.92 Å². The Kier molecular flexibility index (Phi) is 6.59. The van der Waals surface area contributed by atoms with Gasteiger partial charge < -0.3 is 10.4 Å². The van der Waals surface area contributed by atoms with Crippen LogP contribution in [0, 0.1) is 0 Å². The van der Waals surface area contributed by atoms with Crippen LogP contribution in [0.25, 0.3) is 0 Å². The van der Waals surface area contributed by atoms with Gasteiger partial charge in [0.15, 0.2) is 0 Å². The van der Waals surface area contributed by atoms with Gasteiger partial charge in [-0.05, 0) is 26.2 Å². The van der Waals surface area contributed by atoms with Gasteiger partial charge in [0.1, 0.15) is 0 Å². The van der Waals surface area contributed by atoms with Gasteiger partial charge in [-0.3, -0.25) is 4.79 Å². The summed E-state index contributed by atoms with van der Waals surface area (Å²) in [5.74, 6) is 0.0506. The minimum Gasteiger partial charge on any atom is -0.393 e. The number of rotatable bonds is 6. The maximum absolute atomic E-state index is 11.3. The fraction of sp³-hybridized carbons (Fsp3) is 0.900. The summed E-state index contributed by atoms with van der Waals surface area (Å²) in [6.07, 6.45) is 2.53. The van der Waals surface area contributed by atoms with Crippen molar-refractivity contribution < 1.29 is 9.90 Å². The van der Waals surface area contributed by atoms with E-state index >= 15 is 0 Å². The van der Waals surface area contributed by atoms with Crippen LogP contribution >= 0.6 is 0 Å². The molecule has 1 atom stereocenters. The number of amides is 1. The highest BCUT2D eigenvalue weighted by atomic mass is 16.3. The summed E-state index contributed by atoms with van der Waals surface area (Å²) < 4.78 is 0. The lowest BCUT2D eigenvalue weighted by atomic mass is 10.1. The first-order chi connectivity index (χ1) is 6.10. The smallest absolute Gasteiger partial charge is 0.220 e. The highest BCUT2D eigenvalue weighted by Gasteiger charge is 2.08. The largest absolute Gasteiger partial charge is 0.393 e. The van der Waals surface area contributed by atoms with Crippen molar-refractivity contribution in [3.05, 3.63) is 0 Å². The molecule has 0 aromatic rings. The zero-order valence-corrected chi connectivity index (χ0v) is 8.84. The van der Waals surface area contributed by atoms with E-state index in [0.29, 0.717) is 18.9 Å². The average Bonchev–Trinajstić information content (AvgIpc) is 2.10. The number of aliphatic hydroxyl groups excluding tert-OH is 1. The number of carbonyl (C=O) groups excluding carboxylic acids is 1. The van der Waals surface area contributed by atoms with E-state index in [1.165, 1.54) is 0 Å². The van der Waals surface area contributed by atoms with Crippen molar-refractivity contribution in [2.75, 3.05) is 0 Å². The minimum atomic E-state index is -0.382. The SMILES string of the molecule is CCC(CC)NC(=O)CCC(C)O. The lowest BCUT2D eigenvalue weighted by molar-refractivity contribution is -0.122. The first-order valence-corrected chi connectivity index (χ1v) is 5.07. The van der Waals surface area contributed by atoms with Gasteiger partial charge in [-0.2, -0.15) is 0 Å². The van der Waals surface area contributed by atoms with Crippen molar-refractivity contribution in [1.29, 1.82) is 0 Å². The zero-order chi connectivity index (χ0) is 10.3. The fourth-order valence-corrected chi connectivity index (χ4v) is 1.13. The first-order valence-electron chi connectivity index (χ1n) is 5.07. The molecule has 0 aliphatic rings. The van der Waals surface area contributed by atoms with Gasteiger partial charge in [-0.1, -0.05) is 13.8 Å². The van der Waals surface area contributed by atoms with Crippen LogP contribution in [-0.2, 0) is 4.79 Å². The topological polar surface area (TPSA) is 49.3 Å². The second-order valence-corrected chi connectivity index (χ2v) is 3.47. The van der Waals surface area contributed by atoms with Crippen molar-refractivity contribution in [3.8, 4) is 0 Å². The van der Waals surface area contributed by atoms with Crippen LogP contribution in [0.2, 0.25) is 0 Å². The quantitative estimate of drug-likeness (QED) is 0.661. The van der Waals surface area contributed by atoms with Gasteiger partial charge in [0.05, 0.1) is 6.10 Å². The van der Waals surface area contributed by atoms with Crippen molar-refractivity contribution in [2.24, 2.45) is 0 Å². The molecule has 0 aliphatic carbocycles. The number of aliphatic hydroxyl groups is 1. The summed E-state index contributed by atoms with van der Waals surface area (Å²) in [7, 11) is 0. The molecule has 0 fully saturated rings. The van der Waals surface area contributed by atoms with E-state index in [2.05, 4.69) is 19.2 Å². The number of nitrogens with one attached hydrogen (secondary N) is 1. The van der Waals surface area contributed by atoms with Crippen LogP contribution in [0.1, 0.15) is 46.5 Å². The molecule has 0 spiro atoms. The predicted octanol–water partition coefficient (Wildman–Crippen LogP) is 1.45. The molecule has 3 heteroatoms. The third-order valence-electron chi connectivity index (χ3n) is 2.14. The number of hydrogen-bond acceptors (Lipinski definition) is 2. The highest BCUT2D eigenvalue weighted by molar-refractivity contribution is 5.76. The molecule has 1 amide bonds. The molecule has 0 aromatic heterocycles. The van der Waals surface area contributed by atoms with E-state index in [4.69, 9.17) is 5.11 Å². The Morgan fingerprint density at radius 3 is 2.31 bits per heavy atom. The minimum absolute atomic E-state index is 0.0506. The molecular formula is C10H21NO2. The molecule has 3 nitrogen and oxygen atoms in total. The second kappa shape index (κ2) is 6.89. The third-order valence-corrected chi connectivity index (χ3v) is 2.14. The monoisotopic (exact) mass is 187 g/mol. The fourth-order valence-electron chi connectivity index (χ4n) is 1.13. The van der Waals surface area contributed by atoms with Gasteiger partial charge >= 0.3 is 0 Å². The first kappa shape index (κ1) is 12.4. The molecule has 0 saturated carbocycles. The number of hydrogen-bond donors (Lipinski definition) is 2. The molecule has 0 radical (unpaired) electrons. The Morgan fingerprint density at radius 2 is 1.92 bits per heavy atom. The van der Waals surface area contributed by atoms with Gasteiger partial charge in [0.2, 0.25) is 5.91 Å². The molecule has 0 aromatic carbocycles. The van der Waals surface area contributed by atoms with Crippen molar-refractivity contribution in [1.82, 2.24) is 5.32 Å². The Bertz CT molecular complexity index is 142. The summed E-state index contributed by atoms with van der Waals surface area (Å²) in [4.78, 5) is 11.3. The third kappa shape index (κ3) is 6.58. The molecule has 0 rings (SSSR count). The molecule has 2 N–H and O–H groups in total.